The zero-order chi connectivity index (χ0) is 9.26. The van der Waals surface area contributed by atoms with Gasteiger partial charge in [0, 0.05) is 12.1 Å². The van der Waals surface area contributed by atoms with Gasteiger partial charge in [-0.3, -0.25) is 5.84 Å². The second kappa shape index (κ2) is 3.02. The van der Waals surface area contributed by atoms with Crippen molar-refractivity contribution in [1.29, 1.82) is 0 Å². The SMILES string of the molecule is NNc1cc2c(cc1N)OCCO2. The fraction of sp³-hybridized carbons (Fsp3) is 0.250. The molecule has 0 spiro atoms. The minimum Gasteiger partial charge on any atom is -0.486 e. The largest absolute Gasteiger partial charge is 0.486 e. The summed E-state index contributed by atoms with van der Waals surface area (Å²) in [6.07, 6.45) is 0. The lowest BCUT2D eigenvalue weighted by Crippen LogP contribution is -2.17. The molecule has 0 aromatic heterocycles. The van der Waals surface area contributed by atoms with Gasteiger partial charge >= 0.3 is 0 Å². The van der Waals surface area contributed by atoms with E-state index in [0.29, 0.717) is 36.1 Å². The third-order valence-electron chi connectivity index (χ3n) is 1.87. The van der Waals surface area contributed by atoms with Gasteiger partial charge in [-0.1, -0.05) is 0 Å². The van der Waals surface area contributed by atoms with Gasteiger partial charge in [-0.05, 0) is 0 Å². The summed E-state index contributed by atoms with van der Waals surface area (Å²) in [6.45, 7) is 1.11. The molecule has 0 saturated carbocycles. The molecule has 13 heavy (non-hydrogen) atoms. The van der Waals surface area contributed by atoms with E-state index < -0.39 is 0 Å². The fourth-order valence-corrected chi connectivity index (χ4v) is 1.23. The van der Waals surface area contributed by atoms with Gasteiger partial charge < -0.3 is 20.6 Å². The Labute approximate surface area is 75.6 Å². The lowest BCUT2D eigenvalue weighted by Gasteiger charge is -2.19. The molecule has 70 valence electrons. The van der Waals surface area contributed by atoms with Crippen molar-refractivity contribution < 1.29 is 9.47 Å². The van der Waals surface area contributed by atoms with E-state index in [-0.39, 0.29) is 0 Å². The molecule has 0 bridgehead atoms. The summed E-state index contributed by atoms with van der Waals surface area (Å²) in [7, 11) is 0. The number of ether oxygens (including phenoxy) is 2. The second-order valence-electron chi connectivity index (χ2n) is 2.73. The van der Waals surface area contributed by atoms with Gasteiger partial charge in [-0.25, -0.2) is 0 Å². The molecule has 0 fully saturated rings. The Balaban J connectivity index is 2.44. The van der Waals surface area contributed by atoms with Gasteiger partial charge in [-0.15, -0.1) is 0 Å². The monoisotopic (exact) mass is 181 g/mol. The molecule has 1 aliphatic rings. The summed E-state index contributed by atoms with van der Waals surface area (Å²) in [5.41, 5.74) is 9.35. The Bertz CT molecular complexity index is 327. The maximum absolute atomic E-state index is 5.68. The second-order valence-corrected chi connectivity index (χ2v) is 2.73. The normalized spacial score (nSPS) is 13.9. The zero-order valence-electron chi connectivity index (χ0n) is 7.04. The molecule has 1 aromatic rings. The fourth-order valence-electron chi connectivity index (χ4n) is 1.23. The molecule has 1 aromatic carbocycles. The van der Waals surface area contributed by atoms with Crippen LogP contribution in [0.5, 0.6) is 11.5 Å². The topological polar surface area (TPSA) is 82.5 Å². The van der Waals surface area contributed by atoms with E-state index in [1.165, 1.54) is 0 Å². The van der Waals surface area contributed by atoms with Gasteiger partial charge in [0.15, 0.2) is 11.5 Å². The van der Waals surface area contributed by atoms with Crippen LogP contribution in [0.1, 0.15) is 0 Å². The molecule has 0 aliphatic carbocycles. The number of fused-ring (bicyclic) bond motifs is 1. The highest BCUT2D eigenvalue weighted by Crippen LogP contribution is 2.36. The van der Waals surface area contributed by atoms with Gasteiger partial charge in [0.05, 0.1) is 11.4 Å². The zero-order valence-corrected chi connectivity index (χ0v) is 7.04. The molecule has 2 rings (SSSR count). The highest BCUT2D eigenvalue weighted by molar-refractivity contribution is 5.71. The van der Waals surface area contributed by atoms with Crippen LogP contribution in [0.25, 0.3) is 0 Å². The van der Waals surface area contributed by atoms with Gasteiger partial charge in [0.2, 0.25) is 0 Å². The van der Waals surface area contributed by atoms with Crippen LogP contribution in [0.2, 0.25) is 0 Å². The van der Waals surface area contributed by atoms with Crippen molar-refractivity contribution in [2.75, 3.05) is 24.4 Å². The molecule has 5 nitrogen and oxygen atoms in total. The minimum atomic E-state index is 0.548. The summed E-state index contributed by atoms with van der Waals surface area (Å²) in [4.78, 5) is 0. The number of rotatable bonds is 1. The smallest absolute Gasteiger partial charge is 0.163 e. The molecule has 5 N–H and O–H groups in total. The number of hydrogen-bond donors (Lipinski definition) is 3. The standard InChI is InChI=1S/C8H11N3O2/c9-5-3-7-8(4-6(5)11-10)13-2-1-12-7/h3-4,11H,1-2,9-10H2. The van der Waals surface area contributed by atoms with Crippen LogP contribution in [0.3, 0.4) is 0 Å². The van der Waals surface area contributed by atoms with Gasteiger partial charge in [0.25, 0.3) is 0 Å². The molecular formula is C8H11N3O2. The Morgan fingerprint density at radius 1 is 1.15 bits per heavy atom. The number of nitrogen functional groups attached to an aromatic ring is 2. The third-order valence-corrected chi connectivity index (χ3v) is 1.87. The van der Waals surface area contributed by atoms with E-state index in [1.807, 2.05) is 0 Å². The third kappa shape index (κ3) is 1.33. The average Bonchev–Trinajstić information content (AvgIpc) is 2.17. The van der Waals surface area contributed by atoms with E-state index >= 15 is 0 Å². The lowest BCUT2D eigenvalue weighted by atomic mass is 10.2. The maximum Gasteiger partial charge on any atom is 0.163 e. The van der Waals surface area contributed by atoms with Crippen molar-refractivity contribution in [3.05, 3.63) is 12.1 Å². The van der Waals surface area contributed by atoms with Crippen LogP contribution in [0.4, 0.5) is 11.4 Å². The molecule has 0 atom stereocenters. The van der Waals surface area contributed by atoms with E-state index in [2.05, 4.69) is 5.43 Å². The Morgan fingerprint density at radius 3 is 2.38 bits per heavy atom. The van der Waals surface area contributed by atoms with Crippen LogP contribution >= 0.6 is 0 Å². The molecule has 0 saturated heterocycles. The highest BCUT2D eigenvalue weighted by Gasteiger charge is 2.13. The van der Waals surface area contributed by atoms with E-state index in [1.54, 1.807) is 12.1 Å². The Morgan fingerprint density at radius 2 is 1.77 bits per heavy atom. The molecule has 0 amide bonds. The quantitative estimate of drug-likeness (QED) is 0.330. The van der Waals surface area contributed by atoms with Crippen molar-refractivity contribution >= 4 is 11.4 Å². The van der Waals surface area contributed by atoms with Crippen LogP contribution < -0.4 is 26.5 Å². The molecule has 0 radical (unpaired) electrons. The van der Waals surface area contributed by atoms with Crippen LogP contribution in [0, 0.1) is 0 Å². The molecule has 1 aliphatic heterocycles. The van der Waals surface area contributed by atoms with E-state index in [0.717, 1.165) is 0 Å². The first kappa shape index (κ1) is 8.00. The van der Waals surface area contributed by atoms with Crippen molar-refractivity contribution in [2.24, 2.45) is 5.84 Å². The van der Waals surface area contributed by atoms with Crippen LogP contribution in [-0.4, -0.2) is 13.2 Å². The molecular weight excluding hydrogens is 170 g/mol. The van der Waals surface area contributed by atoms with Crippen molar-refractivity contribution in [1.82, 2.24) is 0 Å². The number of anilines is 2. The van der Waals surface area contributed by atoms with Crippen LogP contribution in [0.15, 0.2) is 12.1 Å². The predicted molar refractivity (Wildman–Crippen MR) is 49.7 cm³/mol. The summed E-state index contributed by atoms with van der Waals surface area (Å²) >= 11 is 0. The van der Waals surface area contributed by atoms with Gasteiger partial charge in [-0.2, -0.15) is 0 Å². The summed E-state index contributed by atoms with van der Waals surface area (Å²) < 4.78 is 10.7. The summed E-state index contributed by atoms with van der Waals surface area (Å²) in [5, 5.41) is 0. The van der Waals surface area contributed by atoms with E-state index in [9.17, 15) is 0 Å². The Hall–Kier alpha value is -1.62. The molecule has 5 heteroatoms. The summed E-state index contributed by atoms with van der Waals surface area (Å²) in [5.74, 6) is 6.60. The predicted octanol–water partition coefficient (Wildman–Crippen LogP) is 0.326. The van der Waals surface area contributed by atoms with Crippen molar-refractivity contribution in [2.45, 2.75) is 0 Å². The number of benzene rings is 1. The average molecular weight is 181 g/mol. The van der Waals surface area contributed by atoms with E-state index in [4.69, 9.17) is 21.1 Å². The maximum atomic E-state index is 5.68. The van der Waals surface area contributed by atoms with Crippen molar-refractivity contribution in [3.8, 4) is 11.5 Å². The minimum absolute atomic E-state index is 0.548. The number of nitrogens with two attached hydrogens (primary N) is 2. The summed E-state index contributed by atoms with van der Waals surface area (Å²) in [6, 6.07) is 3.42. The van der Waals surface area contributed by atoms with Gasteiger partial charge in [0.1, 0.15) is 13.2 Å². The lowest BCUT2D eigenvalue weighted by molar-refractivity contribution is 0.172. The number of hydrazine groups is 1. The highest BCUT2D eigenvalue weighted by atomic mass is 16.6. The molecule has 1 heterocycles. The number of hydrogen-bond acceptors (Lipinski definition) is 5. The van der Waals surface area contributed by atoms with Crippen molar-refractivity contribution in [3.63, 3.8) is 0 Å². The first-order valence-electron chi connectivity index (χ1n) is 3.97. The first-order chi connectivity index (χ1) is 6.31. The molecule has 0 unspecified atom stereocenters. The first-order valence-corrected chi connectivity index (χ1v) is 3.97. The van der Waals surface area contributed by atoms with Crippen LogP contribution in [-0.2, 0) is 0 Å². The number of nitrogens with one attached hydrogen (secondary N) is 1. The Kier molecular flexibility index (Phi) is 1.86.